The molecule has 25 heavy (non-hydrogen) atoms. The van der Waals surface area contributed by atoms with Crippen LogP contribution in [-0.2, 0) is 19.0 Å². The number of rotatable bonds is 6. The molecule has 1 saturated heterocycles. The van der Waals surface area contributed by atoms with Gasteiger partial charge in [0.1, 0.15) is 18.2 Å². The lowest BCUT2D eigenvalue weighted by atomic mass is 9.81. The molecule has 0 spiro atoms. The summed E-state index contributed by atoms with van der Waals surface area (Å²) in [4.78, 5) is 12.6. The van der Waals surface area contributed by atoms with Crippen molar-refractivity contribution in [3.63, 3.8) is 0 Å². The third kappa shape index (κ3) is 5.41. The Bertz CT molecular complexity index is 455. The third-order valence-corrected chi connectivity index (χ3v) is 5.59. The molecule has 0 bridgehead atoms. The summed E-state index contributed by atoms with van der Waals surface area (Å²) in [6.45, 7) is 11.1. The first-order chi connectivity index (χ1) is 11.6. The Hall–Kier alpha value is -0.650. The molecule has 5 nitrogen and oxygen atoms in total. The first-order valence-electron chi connectivity index (χ1n) is 9.76. The van der Waals surface area contributed by atoms with Gasteiger partial charge in [-0.25, -0.2) is 0 Å². The minimum absolute atomic E-state index is 0.0311. The van der Waals surface area contributed by atoms with E-state index in [9.17, 15) is 4.79 Å². The van der Waals surface area contributed by atoms with Gasteiger partial charge in [-0.05, 0) is 45.6 Å². The van der Waals surface area contributed by atoms with E-state index in [2.05, 4.69) is 26.1 Å². The van der Waals surface area contributed by atoms with E-state index < -0.39 is 11.3 Å². The van der Waals surface area contributed by atoms with Gasteiger partial charge in [-0.3, -0.25) is 4.79 Å². The molecule has 2 rings (SSSR count). The van der Waals surface area contributed by atoms with E-state index in [0.29, 0.717) is 18.9 Å². The second-order valence-electron chi connectivity index (χ2n) is 9.32. The lowest BCUT2D eigenvalue weighted by molar-refractivity contribution is -0.202. The van der Waals surface area contributed by atoms with E-state index in [1.807, 2.05) is 20.9 Å². The number of carbonyl (C=O) groups is 1. The standard InChI is InChI=1S/C20H37NO4/c1-18(2,3)14-19(4,21-6)17(22)23-12-16-13-24-20(5,25-16)15-10-8-7-9-11-15/h15-16,21H,7-14H2,1-6H3. The van der Waals surface area contributed by atoms with Crippen LogP contribution in [0, 0.1) is 11.3 Å². The van der Waals surface area contributed by atoms with E-state index in [1.54, 1.807) is 0 Å². The quantitative estimate of drug-likeness (QED) is 0.737. The average Bonchev–Trinajstić information content (AvgIpc) is 2.94. The second-order valence-corrected chi connectivity index (χ2v) is 9.32. The smallest absolute Gasteiger partial charge is 0.326 e. The molecule has 146 valence electrons. The van der Waals surface area contributed by atoms with Gasteiger partial charge in [0, 0.05) is 5.92 Å². The molecule has 5 heteroatoms. The van der Waals surface area contributed by atoms with Gasteiger partial charge in [-0.1, -0.05) is 40.0 Å². The average molecular weight is 356 g/mol. The fourth-order valence-corrected chi connectivity index (χ4v) is 4.23. The highest BCUT2D eigenvalue weighted by Crippen LogP contribution is 2.39. The van der Waals surface area contributed by atoms with Crippen molar-refractivity contribution in [2.75, 3.05) is 20.3 Å². The van der Waals surface area contributed by atoms with Crippen molar-refractivity contribution in [3.8, 4) is 0 Å². The van der Waals surface area contributed by atoms with Gasteiger partial charge in [-0.15, -0.1) is 0 Å². The molecule has 2 fully saturated rings. The number of nitrogens with one attached hydrogen (secondary N) is 1. The summed E-state index contributed by atoms with van der Waals surface area (Å²) in [6.07, 6.45) is 6.66. The molecule has 1 aliphatic carbocycles. The molecule has 0 aromatic heterocycles. The first kappa shape index (κ1) is 20.7. The van der Waals surface area contributed by atoms with Gasteiger partial charge >= 0.3 is 5.97 Å². The number of hydrogen-bond acceptors (Lipinski definition) is 5. The van der Waals surface area contributed by atoms with Crippen molar-refractivity contribution < 1.29 is 19.0 Å². The summed E-state index contributed by atoms with van der Waals surface area (Å²) in [5.74, 6) is -0.292. The van der Waals surface area contributed by atoms with Crippen molar-refractivity contribution in [1.82, 2.24) is 5.32 Å². The molecule has 1 N–H and O–H groups in total. The van der Waals surface area contributed by atoms with Crippen LogP contribution in [0.5, 0.6) is 0 Å². The molecule has 1 aliphatic heterocycles. The molecule has 1 heterocycles. The maximum absolute atomic E-state index is 12.6. The largest absolute Gasteiger partial charge is 0.461 e. The third-order valence-electron chi connectivity index (χ3n) is 5.59. The summed E-state index contributed by atoms with van der Waals surface area (Å²) in [5.41, 5.74) is -0.659. The van der Waals surface area contributed by atoms with Crippen LogP contribution in [0.4, 0.5) is 0 Å². The molecule has 0 aromatic carbocycles. The van der Waals surface area contributed by atoms with E-state index >= 15 is 0 Å². The van der Waals surface area contributed by atoms with Crippen molar-refractivity contribution in [2.24, 2.45) is 11.3 Å². The lowest BCUT2D eigenvalue weighted by Crippen LogP contribution is -2.51. The van der Waals surface area contributed by atoms with Crippen LogP contribution >= 0.6 is 0 Å². The molecule has 2 aliphatic rings. The molecular weight excluding hydrogens is 318 g/mol. The van der Waals surface area contributed by atoms with Crippen LogP contribution in [0.3, 0.4) is 0 Å². The summed E-state index contributed by atoms with van der Waals surface area (Å²) in [7, 11) is 1.81. The maximum Gasteiger partial charge on any atom is 0.326 e. The Morgan fingerprint density at radius 3 is 2.40 bits per heavy atom. The number of ether oxygens (including phenoxy) is 3. The number of likely N-dealkylation sites (N-methyl/N-ethyl adjacent to an activating group) is 1. The molecule has 3 atom stereocenters. The fourth-order valence-electron chi connectivity index (χ4n) is 4.23. The maximum atomic E-state index is 12.6. The monoisotopic (exact) mass is 355 g/mol. The molecule has 0 amide bonds. The van der Waals surface area contributed by atoms with Crippen molar-refractivity contribution in [2.45, 2.75) is 90.6 Å². The Balaban J connectivity index is 1.85. The summed E-state index contributed by atoms with van der Waals surface area (Å²) < 4.78 is 17.8. The number of hydrogen-bond donors (Lipinski definition) is 1. The van der Waals surface area contributed by atoms with Gasteiger partial charge < -0.3 is 19.5 Å². The lowest BCUT2D eigenvalue weighted by Gasteiger charge is -2.35. The highest BCUT2D eigenvalue weighted by Gasteiger charge is 2.45. The predicted octanol–water partition coefficient (Wildman–Crippen LogP) is 3.66. The van der Waals surface area contributed by atoms with Gasteiger partial charge in [0.15, 0.2) is 5.79 Å². The molecule has 3 unspecified atom stereocenters. The highest BCUT2D eigenvalue weighted by atomic mass is 16.8. The molecular formula is C20H37NO4. The number of esters is 1. The van der Waals surface area contributed by atoms with E-state index in [1.165, 1.54) is 19.3 Å². The molecule has 0 aromatic rings. The van der Waals surface area contributed by atoms with Crippen molar-refractivity contribution in [1.29, 1.82) is 0 Å². The van der Waals surface area contributed by atoms with Crippen LogP contribution in [-0.4, -0.2) is 43.7 Å². The van der Waals surface area contributed by atoms with Crippen LogP contribution in [0.15, 0.2) is 0 Å². The summed E-state index contributed by atoms with van der Waals surface area (Å²) >= 11 is 0. The summed E-state index contributed by atoms with van der Waals surface area (Å²) in [5, 5.41) is 3.13. The van der Waals surface area contributed by atoms with Gasteiger partial charge in [0.25, 0.3) is 0 Å². The highest BCUT2D eigenvalue weighted by molar-refractivity contribution is 5.80. The normalized spacial score (nSPS) is 30.9. The second kappa shape index (κ2) is 7.93. The Morgan fingerprint density at radius 1 is 1.20 bits per heavy atom. The minimum Gasteiger partial charge on any atom is -0.461 e. The van der Waals surface area contributed by atoms with Crippen LogP contribution in [0.2, 0.25) is 0 Å². The van der Waals surface area contributed by atoms with E-state index in [0.717, 1.165) is 12.8 Å². The minimum atomic E-state index is -0.690. The zero-order chi connectivity index (χ0) is 18.7. The van der Waals surface area contributed by atoms with Crippen LogP contribution in [0.1, 0.15) is 73.1 Å². The van der Waals surface area contributed by atoms with Crippen LogP contribution in [0.25, 0.3) is 0 Å². The predicted molar refractivity (Wildman–Crippen MR) is 98.3 cm³/mol. The van der Waals surface area contributed by atoms with Crippen molar-refractivity contribution in [3.05, 3.63) is 0 Å². The van der Waals surface area contributed by atoms with Crippen molar-refractivity contribution >= 4 is 5.97 Å². The Labute approximate surface area is 153 Å². The van der Waals surface area contributed by atoms with Gasteiger partial charge in [0.2, 0.25) is 0 Å². The van der Waals surface area contributed by atoms with E-state index in [-0.39, 0.29) is 24.1 Å². The SMILES string of the molecule is CNC(C)(CC(C)(C)C)C(=O)OCC1COC(C)(C2CCCCC2)O1. The molecule has 1 saturated carbocycles. The first-order valence-corrected chi connectivity index (χ1v) is 9.76. The number of carbonyl (C=O) groups excluding carboxylic acids is 1. The summed E-state index contributed by atoms with van der Waals surface area (Å²) in [6, 6.07) is 0. The van der Waals surface area contributed by atoms with Gasteiger partial charge in [0.05, 0.1) is 6.61 Å². The zero-order valence-corrected chi connectivity index (χ0v) is 16.9. The van der Waals surface area contributed by atoms with Gasteiger partial charge in [-0.2, -0.15) is 0 Å². The topological polar surface area (TPSA) is 56.8 Å². The van der Waals surface area contributed by atoms with Crippen LogP contribution < -0.4 is 5.32 Å². The zero-order valence-electron chi connectivity index (χ0n) is 16.9. The van der Waals surface area contributed by atoms with E-state index in [4.69, 9.17) is 14.2 Å². The fraction of sp³-hybridized carbons (Fsp3) is 0.950. The Morgan fingerprint density at radius 2 is 1.84 bits per heavy atom. The Kier molecular flexibility index (Phi) is 6.55. The molecule has 0 radical (unpaired) electrons.